The van der Waals surface area contributed by atoms with E-state index in [0.29, 0.717) is 5.69 Å². The minimum absolute atomic E-state index is 0.0289. The zero-order valence-corrected chi connectivity index (χ0v) is 8.64. The Bertz CT molecular complexity index is 336. The molecule has 0 amide bonds. The lowest BCUT2D eigenvalue weighted by molar-refractivity contribution is -0.145. The molecule has 0 aliphatic carbocycles. The lowest BCUT2D eigenvalue weighted by Gasteiger charge is -2.06. The van der Waals surface area contributed by atoms with Crippen molar-refractivity contribution in [2.75, 3.05) is 12.3 Å². The zero-order valence-electron chi connectivity index (χ0n) is 8.64. The van der Waals surface area contributed by atoms with E-state index in [9.17, 15) is 4.79 Å². The Balaban J connectivity index is 2.44. The van der Waals surface area contributed by atoms with Crippen molar-refractivity contribution in [3.05, 3.63) is 29.8 Å². The second-order valence-corrected chi connectivity index (χ2v) is 3.45. The fourth-order valence-corrected chi connectivity index (χ4v) is 1.13. The van der Waals surface area contributed by atoms with E-state index < -0.39 is 6.10 Å². The molecular weight excluding hydrogens is 194 g/mol. The normalized spacial score (nSPS) is 12.1. The van der Waals surface area contributed by atoms with Gasteiger partial charge in [-0.3, -0.25) is 4.79 Å². The molecule has 15 heavy (non-hydrogen) atoms. The van der Waals surface area contributed by atoms with Crippen LogP contribution in [0.15, 0.2) is 24.3 Å². The number of nitrogen functional groups attached to an aromatic ring is 1. The van der Waals surface area contributed by atoms with E-state index in [0.717, 1.165) is 5.56 Å². The molecule has 0 fully saturated rings. The summed E-state index contributed by atoms with van der Waals surface area (Å²) in [7, 11) is 0. The maximum absolute atomic E-state index is 11.3. The average molecular weight is 209 g/mol. The molecule has 1 rings (SSSR count). The van der Waals surface area contributed by atoms with Crippen molar-refractivity contribution in [2.45, 2.75) is 19.4 Å². The molecular formula is C11H15NO3. The van der Waals surface area contributed by atoms with E-state index in [1.807, 2.05) is 0 Å². The van der Waals surface area contributed by atoms with Crippen LogP contribution in [0.1, 0.15) is 12.5 Å². The van der Waals surface area contributed by atoms with Crippen molar-refractivity contribution in [2.24, 2.45) is 0 Å². The van der Waals surface area contributed by atoms with Crippen LogP contribution in [-0.4, -0.2) is 23.8 Å². The number of ether oxygens (including phenoxy) is 1. The van der Waals surface area contributed by atoms with E-state index in [4.69, 9.17) is 15.6 Å². The third-order valence-electron chi connectivity index (χ3n) is 1.79. The molecule has 0 spiro atoms. The predicted molar refractivity (Wildman–Crippen MR) is 57.2 cm³/mol. The van der Waals surface area contributed by atoms with Gasteiger partial charge in [0, 0.05) is 5.69 Å². The highest BCUT2D eigenvalue weighted by molar-refractivity contribution is 5.73. The topological polar surface area (TPSA) is 72.5 Å². The standard InChI is InChI=1S/C11H15NO3/c1-8(13)7-15-11(14)6-9-3-2-4-10(12)5-9/h2-5,8,13H,6-7,12H2,1H3. The maximum atomic E-state index is 11.3. The van der Waals surface area contributed by atoms with Crippen molar-refractivity contribution in [1.29, 1.82) is 0 Å². The third kappa shape index (κ3) is 4.46. The van der Waals surface area contributed by atoms with Crippen molar-refractivity contribution in [3.63, 3.8) is 0 Å². The fourth-order valence-electron chi connectivity index (χ4n) is 1.13. The number of nitrogens with two attached hydrogens (primary N) is 1. The smallest absolute Gasteiger partial charge is 0.310 e. The van der Waals surface area contributed by atoms with Gasteiger partial charge in [0.1, 0.15) is 6.61 Å². The molecule has 0 saturated carbocycles. The molecule has 3 N–H and O–H groups in total. The second kappa shape index (κ2) is 5.36. The largest absolute Gasteiger partial charge is 0.463 e. The van der Waals surface area contributed by atoms with Crippen LogP contribution in [0, 0.1) is 0 Å². The van der Waals surface area contributed by atoms with Gasteiger partial charge in [-0.2, -0.15) is 0 Å². The summed E-state index contributed by atoms with van der Waals surface area (Å²) < 4.78 is 4.82. The molecule has 82 valence electrons. The summed E-state index contributed by atoms with van der Waals surface area (Å²) in [5, 5.41) is 8.91. The molecule has 1 aromatic rings. The number of aliphatic hydroxyl groups is 1. The number of hydrogen-bond acceptors (Lipinski definition) is 4. The Hall–Kier alpha value is -1.55. The maximum Gasteiger partial charge on any atom is 0.310 e. The van der Waals surface area contributed by atoms with Crippen LogP contribution >= 0.6 is 0 Å². The van der Waals surface area contributed by atoms with Crippen molar-refractivity contribution in [1.82, 2.24) is 0 Å². The van der Waals surface area contributed by atoms with Crippen LogP contribution in [0.2, 0.25) is 0 Å². The first kappa shape index (κ1) is 11.5. The van der Waals surface area contributed by atoms with Gasteiger partial charge in [-0.05, 0) is 24.6 Å². The summed E-state index contributed by atoms with van der Waals surface area (Å²) in [5.41, 5.74) is 7.00. The molecule has 4 heteroatoms. The molecule has 0 aliphatic heterocycles. The molecule has 1 atom stereocenters. The zero-order chi connectivity index (χ0) is 11.3. The molecule has 0 bridgehead atoms. The first-order chi connectivity index (χ1) is 7.08. The van der Waals surface area contributed by atoms with E-state index in [1.165, 1.54) is 0 Å². The van der Waals surface area contributed by atoms with Crippen molar-refractivity contribution in [3.8, 4) is 0 Å². The van der Waals surface area contributed by atoms with Crippen LogP contribution in [-0.2, 0) is 16.0 Å². The Morgan fingerprint density at radius 2 is 2.33 bits per heavy atom. The van der Waals surface area contributed by atoms with Crippen LogP contribution < -0.4 is 5.73 Å². The second-order valence-electron chi connectivity index (χ2n) is 3.45. The Morgan fingerprint density at radius 3 is 2.93 bits per heavy atom. The highest BCUT2D eigenvalue weighted by atomic mass is 16.5. The van der Waals surface area contributed by atoms with Crippen LogP contribution in [0.4, 0.5) is 5.69 Å². The van der Waals surface area contributed by atoms with Crippen molar-refractivity contribution < 1.29 is 14.6 Å². The summed E-state index contributed by atoms with van der Waals surface area (Å²) in [6.45, 7) is 1.59. The van der Waals surface area contributed by atoms with Gasteiger partial charge in [-0.15, -0.1) is 0 Å². The Kier molecular flexibility index (Phi) is 4.12. The number of aliphatic hydroxyl groups excluding tert-OH is 1. The number of benzene rings is 1. The summed E-state index contributed by atoms with van der Waals surface area (Å²) in [5.74, 6) is -0.360. The SMILES string of the molecule is CC(O)COC(=O)Cc1cccc(N)c1. The number of anilines is 1. The number of carbonyl (C=O) groups is 1. The highest BCUT2D eigenvalue weighted by Crippen LogP contribution is 2.07. The van der Waals surface area contributed by atoms with Gasteiger partial charge < -0.3 is 15.6 Å². The van der Waals surface area contributed by atoms with Gasteiger partial charge in [0.25, 0.3) is 0 Å². The van der Waals surface area contributed by atoms with Gasteiger partial charge in [0.2, 0.25) is 0 Å². The molecule has 0 aromatic heterocycles. The van der Waals surface area contributed by atoms with Crippen LogP contribution in [0.25, 0.3) is 0 Å². The summed E-state index contributed by atoms with van der Waals surface area (Å²) in [4.78, 5) is 11.3. The molecule has 1 aromatic carbocycles. The quantitative estimate of drug-likeness (QED) is 0.566. The minimum atomic E-state index is -0.630. The van der Waals surface area contributed by atoms with Gasteiger partial charge in [0.05, 0.1) is 12.5 Å². The van der Waals surface area contributed by atoms with Crippen molar-refractivity contribution >= 4 is 11.7 Å². The number of hydrogen-bond donors (Lipinski definition) is 2. The van der Waals surface area contributed by atoms with Crippen LogP contribution in [0.3, 0.4) is 0 Å². The average Bonchev–Trinajstić information content (AvgIpc) is 2.15. The van der Waals surface area contributed by atoms with E-state index >= 15 is 0 Å². The van der Waals surface area contributed by atoms with E-state index in [1.54, 1.807) is 31.2 Å². The summed E-state index contributed by atoms with van der Waals surface area (Å²) in [6.07, 6.45) is -0.451. The molecule has 4 nitrogen and oxygen atoms in total. The van der Waals surface area contributed by atoms with Crippen LogP contribution in [0.5, 0.6) is 0 Å². The first-order valence-electron chi connectivity index (χ1n) is 4.76. The number of carbonyl (C=O) groups excluding carboxylic acids is 1. The number of rotatable bonds is 4. The minimum Gasteiger partial charge on any atom is -0.463 e. The van der Waals surface area contributed by atoms with Gasteiger partial charge in [-0.25, -0.2) is 0 Å². The molecule has 0 heterocycles. The summed E-state index contributed by atoms with van der Waals surface area (Å²) in [6, 6.07) is 7.07. The summed E-state index contributed by atoms with van der Waals surface area (Å²) >= 11 is 0. The molecule has 0 radical (unpaired) electrons. The Labute approximate surface area is 88.7 Å². The lowest BCUT2D eigenvalue weighted by Crippen LogP contribution is -2.16. The first-order valence-corrected chi connectivity index (χ1v) is 4.76. The Morgan fingerprint density at radius 1 is 1.60 bits per heavy atom. The van der Waals surface area contributed by atoms with Gasteiger partial charge in [0.15, 0.2) is 0 Å². The fraction of sp³-hybridized carbons (Fsp3) is 0.364. The molecule has 0 saturated heterocycles. The predicted octanol–water partition coefficient (Wildman–Crippen LogP) is 0.735. The molecule has 1 unspecified atom stereocenters. The number of esters is 1. The third-order valence-corrected chi connectivity index (χ3v) is 1.79. The van der Waals surface area contributed by atoms with E-state index in [-0.39, 0.29) is 19.0 Å². The van der Waals surface area contributed by atoms with Gasteiger partial charge >= 0.3 is 5.97 Å². The highest BCUT2D eigenvalue weighted by Gasteiger charge is 2.06. The monoisotopic (exact) mass is 209 g/mol. The molecule has 0 aliphatic rings. The lowest BCUT2D eigenvalue weighted by atomic mass is 10.1. The van der Waals surface area contributed by atoms with E-state index in [2.05, 4.69) is 0 Å². The van der Waals surface area contributed by atoms with Gasteiger partial charge in [-0.1, -0.05) is 12.1 Å².